The Morgan fingerprint density at radius 3 is 2.67 bits per heavy atom. The molecular formula is C21H27FN4O. The van der Waals surface area contributed by atoms with Gasteiger partial charge in [-0.05, 0) is 61.6 Å². The van der Waals surface area contributed by atoms with Crippen molar-refractivity contribution in [3.05, 3.63) is 42.2 Å². The van der Waals surface area contributed by atoms with Crippen molar-refractivity contribution in [1.82, 2.24) is 15.5 Å². The van der Waals surface area contributed by atoms with E-state index in [1.807, 2.05) is 12.1 Å². The van der Waals surface area contributed by atoms with Gasteiger partial charge in [-0.1, -0.05) is 13.8 Å². The van der Waals surface area contributed by atoms with Crippen LogP contribution in [0.25, 0.3) is 11.3 Å². The van der Waals surface area contributed by atoms with Crippen molar-refractivity contribution in [2.24, 2.45) is 11.8 Å². The van der Waals surface area contributed by atoms with Gasteiger partial charge in [0.1, 0.15) is 5.82 Å². The van der Waals surface area contributed by atoms with Crippen LogP contribution in [0.4, 0.5) is 10.2 Å². The molecule has 1 aromatic carbocycles. The first-order chi connectivity index (χ1) is 13.0. The van der Waals surface area contributed by atoms with Crippen molar-refractivity contribution in [2.75, 3.05) is 24.5 Å². The van der Waals surface area contributed by atoms with E-state index >= 15 is 0 Å². The second kappa shape index (κ2) is 8.93. The van der Waals surface area contributed by atoms with Gasteiger partial charge in [-0.25, -0.2) is 4.39 Å². The zero-order chi connectivity index (χ0) is 19.2. The van der Waals surface area contributed by atoms with E-state index in [2.05, 4.69) is 34.3 Å². The number of aromatic nitrogens is 2. The first-order valence-electron chi connectivity index (χ1n) is 9.65. The number of carbonyl (C=O) groups is 1. The number of benzene rings is 1. The van der Waals surface area contributed by atoms with Crippen molar-refractivity contribution in [3.63, 3.8) is 0 Å². The molecule has 0 unspecified atom stereocenters. The molecule has 1 aliphatic heterocycles. The maximum absolute atomic E-state index is 13.1. The van der Waals surface area contributed by atoms with E-state index < -0.39 is 0 Å². The molecule has 27 heavy (non-hydrogen) atoms. The normalized spacial score (nSPS) is 17.2. The summed E-state index contributed by atoms with van der Waals surface area (Å²) in [6.45, 7) is 6.59. The van der Waals surface area contributed by atoms with E-state index in [1.165, 1.54) is 12.1 Å². The standard InChI is InChI=1S/C21H27FN4O/c1-15(2)11-12-23-21(27)17-4-3-13-26(14-17)20-10-9-19(24-25-20)16-5-7-18(22)8-6-16/h5-10,15,17H,3-4,11-14H2,1-2H3,(H,23,27)/t17-/m1/s1. The third-order valence-electron chi connectivity index (χ3n) is 4.93. The van der Waals surface area contributed by atoms with Gasteiger partial charge in [-0.3, -0.25) is 4.79 Å². The molecule has 3 rings (SSSR count). The molecule has 1 aliphatic rings. The van der Waals surface area contributed by atoms with E-state index in [1.54, 1.807) is 12.1 Å². The predicted molar refractivity (Wildman–Crippen MR) is 105 cm³/mol. The van der Waals surface area contributed by atoms with E-state index in [0.29, 0.717) is 18.2 Å². The number of halogens is 1. The third kappa shape index (κ3) is 5.25. The topological polar surface area (TPSA) is 58.1 Å². The number of hydrogen-bond donors (Lipinski definition) is 1. The zero-order valence-electron chi connectivity index (χ0n) is 16.0. The third-order valence-corrected chi connectivity index (χ3v) is 4.93. The highest BCUT2D eigenvalue weighted by Gasteiger charge is 2.26. The Kier molecular flexibility index (Phi) is 6.37. The quantitative estimate of drug-likeness (QED) is 0.843. The zero-order valence-corrected chi connectivity index (χ0v) is 16.0. The van der Waals surface area contributed by atoms with Crippen LogP contribution in [0.2, 0.25) is 0 Å². The number of rotatable bonds is 6. The second-order valence-electron chi connectivity index (χ2n) is 7.54. The summed E-state index contributed by atoms with van der Waals surface area (Å²) in [6, 6.07) is 10.0. The molecule has 144 valence electrons. The molecular weight excluding hydrogens is 343 g/mol. The first kappa shape index (κ1) is 19.3. The maximum atomic E-state index is 13.1. The molecule has 2 heterocycles. The Morgan fingerprint density at radius 1 is 1.22 bits per heavy atom. The van der Waals surface area contributed by atoms with Gasteiger partial charge in [-0.2, -0.15) is 0 Å². The summed E-state index contributed by atoms with van der Waals surface area (Å²) in [4.78, 5) is 14.5. The average molecular weight is 370 g/mol. The van der Waals surface area contributed by atoms with Crippen LogP contribution in [0.3, 0.4) is 0 Å². The lowest BCUT2D eigenvalue weighted by Gasteiger charge is -2.32. The van der Waals surface area contributed by atoms with Crippen LogP contribution in [0.15, 0.2) is 36.4 Å². The van der Waals surface area contributed by atoms with Crippen LogP contribution in [-0.2, 0) is 4.79 Å². The van der Waals surface area contributed by atoms with Crippen molar-refractivity contribution in [2.45, 2.75) is 33.1 Å². The van der Waals surface area contributed by atoms with Crippen molar-refractivity contribution in [3.8, 4) is 11.3 Å². The minimum atomic E-state index is -0.269. The van der Waals surface area contributed by atoms with E-state index in [4.69, 9.17) is 0 Å². The second-order valence-corrected chi connectivity index (χ2v) is 7.54. The van der Waals surface area contributed by atoms with Gasteiger partial charge in [0.05, 0.1) is 11.6 Å². The first-order valence-corrected chi connectivity index (χ1v) is 9.65. The van der Waals surface area contributed by atoms with E-state index in [0.717, 1.165) is 43.7 Å². The van der Waals surface area contributed by atoms with Crippen LogP contribution in [0.5, 0.6) is 0 Å². The molecule has 0 aliphatic carbocycles. The summed E-state index contributed by atoms with van der Waals surface area (Å²) in [5, 5.41) is 11.7. The van der Waals surface area contributed by atoms with Gasteiger partial charge < -0.3 is 10.2 Å². The molecule has 2 aromatic rings. The van der Waals surface area contributed by atoms with Crippen LogP contribution in [-0.4, -0.2) is 35.7 Å². The summed E-state index contributed by atoms with van der Waals surface area (Å²) in [6.07, 6.45) is 2.87. The van der Waals surface area contributed by atoms with Crippen molar-refractivity contribution < 1.29 is 9.18 Å². The molecule has 0 radical (unpaired) electrons. The Bertz CT molecular complexity index is 746. The van der Waals surface area contributed by atoms with Gasteiger partial charge in [0.25, 0.3) is 0 Å². The highest BCUT2D eigenvalue weighted by molar-refractivity contribution is 5.79. The van der Waals surface area contributed by atoms with Crippen molar-refractivity contribution >= 4 is 11.7 Å². The van der Waals surface area contributed by atoms with Gasteiger partial charge in [-0.15, -0.1) is 10.2 Å². The molecule has 0 bridgehead atoms. The lowest BCUT2D eigenvalue weighted by molar-refractivity contribution is -0.125. The predicted octanol–water partition coefficient (Wildman–Crippen LogP) is 3.66. The number of carbonyl (C=O) groups excluding carboxylic acids is 1. The van der Waals surface area contributed by atoms with E-state index in [-0.39, 0.29) is 17.6 Å². The summed E-state index contributed by atoms with van der Waals surface area (Å²) >= 11 is 0. The summed E-state index contributed by atoms with van der Waals surface area (Å²) in [5.74, 6) is 1.22. The molecule has 6 heteroatoms. The lowest BCUT2D eigenvalue weighted by Crippen LogP contribution is -2.43. The van der Waals surface area contributed by atoms with E-state index in [9.17, 15) is 9.18 Å². The molecule has 1 fully saturated rings. The SMILES string of the molecule is CC(C)CCNC(=O)[C@@H]1CCCN(c2ccc(-c3ccc(F)cc3)nn2)C1. The number of nitrogens with one attached hydrogen (secondary N) is 1. The summed E-state index contributed by atoms with van der Waals surface area (Å²) in [5.41, 5.74) is 1.54. The molecule has 1 amide bonds. The lowest BCUT2D eigenvalue weighted by atomic mass is 9.97. The molecule has 0 saturated carbocycles. The number of piperidine rings is 1. The Hall–Kier alpha value is -2.50. The van der Waals surface area contributed by atoms with Crippen LogP contribution < -0.4 is 10.2 Å². The number of nitrogens with zero attached hydrogens (tertiary/aromatic N) is 3. The Labute approximate surface area is 160 Å². The fraction of sp³-hybridized carbons (Fsp3) is 0.476. The summed E-state index contributed by atoms with van der Waals surface area (Å²) in [7, 11) is 0. The Morgan fingerprint density at radius 2 is 2.00 bits per heavy atom. The molecule has 0 spiro atoms. The monoisotopic (exact) mass is 370 g/mol. The highest BCUT2D eigenvalue weighted by Crippen LogP contribution is 2.23. The minimum absolute atomic E-state index is 0.00973. The van der Waals surface area contributed by atoms with Gasteiger partial charge in [0.15, 0.2) is 5.82 Å². The minimum Gasteiger partial charge on any atom is -0.356 e. The average Bonchev–Trinajstić information content (AvgIpc) is 2.68. The molecule has 1 N–H and O–H groups in total. The highest BCUT2D eigenvalue weighted by atomic mass is 19.1. The van der Waals surface area contributed by atoms with Crippen molar-refractivity contribution in [1.29, 1.82) is 0 Å². The van der Waals surface area contributed by atoms with Gasteiger partial charge in [0, 0.05) is 25.2 Å². The van der Waals surface area contributed by atoms with Gasteiger partial charge >= 0.3 is 0 Å². The largest absolute Gasteiger partial charge is 0.356 e. The van der Waals surface area contributed by atoms with Crippen LogP contribution in [0.1, 0.15) is 33.1 Å². The molecule has 5 nitrogen and oxygen atoms in total. The smallest absolute Gasteiger partial charge is 0.224 e. The fourth-order valence-electron chi connectivity index (χ4n) is 3.30. The van der Waals surface area contributed by atoms with Gasteiger partial charge in [0.2, 0.25) is 5.91 Å². The maximum Gasteiger partial charge on any atom is 0.224 e. The van der Waals surface area contributed by atoms with Crippen LogP contribution >= 0.6 is 0 Å². The molecule has 1 aromatic heterocycles. The molecule has 1 saturated heterocycles. The summed E-state index contributed by atoms with van der Waals surface area (Å²) < 4.78 is 13.1. The Balaban J connectivity index is 1.60. The molecule has 1 atom stereocenters. The van der Waals surface area contributed by atoms with Crippen LogP contribution in [0, 0.1) is 17.7 Å². The fourth-order valence-corrected chi connectivity index (χ4v) is 3.30. The number of hydrogen-bond acceptors (Lipinski definition) is 4. The number of anilines is 1. The number of amides is 1.